The fraction of sp³-hybridized carbons (Fsp3) is 0.533. The van der Waals surface area contributed by atoms with Crippen molar-refractivity contribution in [3.05, 3.63) is 29.8 Å². The lowest BCUT2D eigenvalue weighted by Gasteiger charge is -2.08. The lowest BCUT2D eigenvalue weighted by Crippen LogP contribution is -2.33. The van der Waals surface area contributed by atoms with E-state index in [1.54, 1.807) is 12.1 Å². The number of hydrogen-bond donors (Lipinski definition) is 1. The fourth-order valence-corrected chi connectivity index (χ4v) is 2.94. The lowest BCUT2D eigenvalue weighted by atomic mass is 10.1. The van der Waals surface area contributed by atoms with Crippen LogP contribution in [-0.2, 0) is 26.0 Å². The van der Waals surface area contributed by atoms with Crippen molar-refractivity contribution in [1.82, 2.24) is 4.72 Å². The van der Waals surface area contributed by atoms with Crippen LogP contribution in [0.3, 0.4) is 0 Å². The third-order valence-corrected chi connectivity index (χ3v) is 4.69. The molecule has 0 aliphatic heterocycles. The smallest absolute Gasteiger partial charge is 0.264 e. The van der Waals surface area contributed by atoms with E-state index in [1.165, 1.54) is 12.1 Å². The second-order valence-electron chi connectivity index (χ2n) is 5.38. The van der Waals surface area contributed by atoms with E-state index in [0.29, 0.717) is 12.5 Å². The van der Waals surface area contributed by atoms with E-state index < -0.39 is 15.9 Å². The molecule has 0 spiro atoms. The zero-order valence-corrected chi connectivity index (χ0v) is 13.0. The molecule has 0 atom stereocenters. The largest absolute Gasteiger partial charge is 0.371 e. The Bertz CT molecular complexity index is 576. The van der Waals surface area contributed by atoms with Gasteiger partial charge >= 0.3 is 0 Å². The number of carbonyl (C=O) groups is 1. The predicted octanol–water partition coefficient (Wildman–Crippen LogP) is 1.87. The van der Waals surface area contributed by atoms with Crippen molar-refractivity contribution in [2.45, 2.75) is 37.5 Å². The normalized spacial score (nSPS) is 14.9. The molecule has 1 amide bonds. The summed E-state index contributed by atoms with van der Waals surface area (Å²) in [6.07, 6.45) is 4.16. The summed E-state index contributed by atoms with van der Waals surface area (Å²) in [4.78, 5) is 11.7. The average Bonchev–Trinajstić information content (AvgIpc) is 3.23. The van der Waals surface area contributed by atoms with Gasteiger partial charge in [0.1, 0.15) is 6.61 Å². The highest BCUT2D eigenvalue weighted by Crippen LogP contribution is 2.28. The molecule has 1 aromatic rings. The maximum absolute atomic E-state index is 12.0. The van der Waals surface area contributed by atoms with E-state index >= 15 is 0 Å². The molecular weight excluding hydrogens is 290 g/mol. The number of ether oxygens (including phenoxy) is 1. The van der Waals surface area contributed by atoms with Gasteiger partial charge in [0.15, 0.2) is 0 Å². The number of sulfonamides is 1. The van der Waals surface area contributed by atoms with Crippen molar-refractivity contribution in [2.24, 2.45) is 5.92 Å². The summed E-state index contributed by atoms with van der Waals surface area (Å²) in [7, 11) is -3.81. The Hall–Kier alpha value is -1.40. The van der Waals surface area contributed by atoms with Crippen molar-refractivity contribution < 1.29 is 17.9 Å². The first-order valence-electron chi connectivity index (χ1n) is 7.23. The zero-order chi connectivity index (χ0) is 15.3. The Morgan fingerprint density at radius 1 is 1.29 bits per heavy atom. The van der Waals surface area contributed by atoms with Crippen molar-refractivity contribution >= 4 is 15.9 Å². The topological polar surface area (TPSA) is 72.5 Å². The first kappa shape index (κ1) is 16.0. The molecule has 5 nitrogen and oxygen atoms in total. The molecule has 1 N–H and O–H groups in total. The highest BCUT2D eigenvalue weighted by atomic mass is 32.2. The Labute approximate surface area is 125 Å². The van der Waals surface area contributed by atoms with E-state index in [4.69, 9.17) is 4.74 Å². The molecule has 116 valence electrons. The van der Waals surface area contributed by atoms with Crippen LogP contribution < -0.4 is 4.72 Å². The third-order valence-electron chi connectivity index (χ3n) is 3.30. The average molecular weight is 311 g/mol. The number of carbonyl (C=O) groups excluding carboxylic acids is 1. The molecule has 0 unspecified atom stereocenters. The van der Waals surface area contributed by atoms with Gasteiger partial charge in [-0.25, -0.2) is 13.1 Å². The number of nitrogens with one attached hydrogen (secondary N) is 1. The summed E-state index contributed by atoms with van der Waals surface area (Å²) in [6, 6.07) is 6.58. The molecule has 0 aromatic heterocycles. The van der Waals surface area contributed by atoms with Crippen LogP contribution in [0.2, 0.25) is 0 Å². The number of aryl methyl sites for hydroxylation is 1. The quantitative estimate of drug-likeness (QED) is 0.795. The summed E-state index contributed by atoms with van der Waals surface area (Å²) in [5, 5.41) is 0. The molecule has 21 heavy (non-hydrogen) atoms. The first-order valence-corrected chi connectivity index (χ1v) is 8.72. The summed E-state index contributed by atoms with van der Waals surface area (Å²) in [5.41, 5.74) is 1.08. The van der Waals surface area contributed by atoms with Crippen LogP contribution in [0.15, 0.2) is 29.2 Å². The number of hydrogen-bond acceptors (Lipinski definition) is 4. The number of amides is 1. The monoisotopic (exact) mass is 311 g/mol. The maximum atomic E-state index is 12.0. The van der Waals surface area contributed by atoms with E-state index in [1.807, 2.05) is 4.72 Å². The molecule has 1 fully saturated rings. The van der Waals surface area contributed by atoms with Crippen LogP contribution in [0.4, 0.5) is 0 Å². The Morgan fingerprint density at radius 3 is 2.52 bits per heavy atom. The van der Waals surface area contributed by atoms with Crippen LogP contribution in [0.5, 0.6) is 0 Å². The van der Waals surface area contributed by atoms with Crippen molar-refractivity contribution in [3.8, 4) is 0 Å². The molecule has 0 saturated heterocycles. The number of benzene rings is 1. The Morgan fingerprint density at radius 2 is 1.95 bits per heavy atom. The van der Waals surface area contributed by atoms with E-state index in [9.17, 15) is 13.2 Å². The van der Waals surface area contributed by atoms with Gasteiger partial charge in [0, 0.05) is 0 Å². The van der Waals surface area contributed by atoms with Gasteiger partial charge in [-0.15, -0.1) is 0 Å². The second-order valence-corrected chi connectivity index (χ2v) is 7.06. The van der Waals surface area contributed by atoms with Gasteiger partial charge in [-0.2, -0.15) is 0 Å². The SMILES string of the molecule is CCCc1ccc(S(=O)(=O)NC(=O)COCC2CC2)cc1. The molecule has 1 saturated carbocycles. The molecule has 0 bridgehead atoms. The van der Waals surface area contributed by atoms with Gasteiger partial charge in [0.25, 0.3) is 15.9 Å². The lowest BCUT2D eigenvalue weighted by molar-refractivity contribution is -0.124. The van der Waals surface area contributed by atoms with Crippen molar-refractivity contribution in [1.29, 1.82) is 0 Å². The number of rotatable bonds is 8. The Kier molecular flexibility index (Phi) is 5.36. The summed E-state index contributed by atoms with van der Waals surface area (Å²) < 4.78 is 31.3. The van der Waals surface area contributed by atoms with E-state index in [2.05, 4.69) is 6.92 Å². The molecule has 0 radical (unpaired) electrons. The second kappa shape index (κ2) is 7.04. The van der Waals surface area contributed by atoms with Gasteiger partial charge < -0.3 is 4.74 Å². The summed E-state index contributed by atoms with van der Waals surface area (Å²) in [5.74, 6) is -0.0891. The highest BCUT2D eigenvalue weighted by molar-refractivity contribution is 7.90. The van der Waals surface area contributed by atoms with Crippen LogP contribution in [-0.4, -0.2) is 27.5 Å². The van der Waals surface area contributed by atoms with Crippen molar-refractivity contribution in [2.75, 3.05) is 13.2 Å². The van der Waals surface area contributed by atoms with Gasteiger partial charge in [0.2, 0.25) is 0 Å². The standard InChI is InChI=1S/C15H21NO4S/c1-2-3-12-6-8-14(9-7-12)21(18,19)16-15(17)11-20-10-13-4-5-13/h6-9,13H,2-5,10-11H2,1H3,(H,16,17). The molecular formula is C15H21NO4S. The summed E-state index contributed by atoms with van der Waals surface area (Å²) >= 11 is 0. The van der Waals surface area contributed by atoms with Crippen LogP contribution in [0, 0.1) is 5.92 Å². The summed E-state index contributed by atoms with van der Waals surface area (Å²) in [6.45, 7) is 2.37. The predicted molar refractivity (Wildman–Crippen MR) is 79.3 cm³/mol. The maximum Gasteiger partial charge on any atom is 0.264 e. The molecule has 2 rings (SSSR count). The molecule has 1 aliphatic carbocycles. The minimum Gasteiger partial charge on any atom is -0.371 e. The van der Waals surface area contributed by atoms with Crippen LogP contribution in [0.1, 0.15) is 31.7 Å². The molecule has 6 heteroatoms. The van der Waals surface area contributed by atoms with E-state index in [0.717, 1.165) is 31.2 Å². The van der Waals surface area contributed by atoms with Gasteiger partial charge in [-0.1, -0.05) is 25.5 Å². The minimum atomic E-state index is -3.81. The molecule has 1 aromatic carbocycles. The van der Waals surface area contributed by atoms with Gasteiger partial charge in [-0.05, 0) is 42.9 Å². The third kappa shape index (κ3) is 5.13. The minimum absolute atomic E-state index is 0.0953. The van der Waals surface area contributed by atoms with Crippen molar-refractivity contribution in [3.63, 3.8) is 0 Å². The van der Waals surface area contributed by atoms with Gasteiger partial charge in [-0.3, -0.25) is 4.79 Å². The highest BCUT2D eigenvalue weighted by Gasteiger charge is 2.22. The molecule has 1 aliphatic rings. The van der Waals surface area contributed by atoms with Crippen LogP contribution in [0.25, 0.3) is 0 Å². The fourth-order valence-electron chi connectivity index (χ4n) is 1.97. The van der Waals surface area contributed by atoms with E-state index in [-0.39, 0.29) is 11.5 Å². The zero-order valence-electron chi connectivity index (χ0n) is 12.2. The molecule has 0 heterocycles. The van der Waals surface area contributed by atoms with Crippen LogP contribution >= 0.6 is 0 Å². The Balaban J connectivity index is 1.88. The first-order chi connectivity index (χ1) is 10.0. The van der Waals surface area contributed by atoms with Gasteiger partial charge in [0.05, 0.1) is 11.5 Å².